The number of hydrogen-bond donors (Lipinski definition) is 1. The fraction of sp³-hybridized carbons (Fsp3) is 0.500. The van der Waals surface area contributed by atoms with E-state index in [9.17, 15) is 13.6 Å². The van der Waals surface area contributed by atoms with Crippen LogP contribution in [-0.2, 0) is 0 Å². The number of carbonyl (C=O) groups excluding carboxylic acids is 1. The number of carbonyl (C=O) groups is 1. The van der Waals surface area contributed by atoms with Crippen molar-refractivity contribution >= 4 is 5.78 Å². The molecule has 1 aromatic rings. The minimum atomic E-state index is -1.05. The smallest absolute Gasteiger partial charge is 0.169 e. The van der Waals surface area contributed by atoms with Gasteiger partial charge < -0.3 is 5.73 Å². The monoisotopic (exact) mass is 253 g/mol. The maximum Gasteiger partial charge on any atom is 0.169 e. The Morgan fingerprint density at radius 1 is 1.28 bits per heavy atom. The van der Waals surface area contributed by atoms with Crippen LogP contribution in [0.25, 0.3) is 0 Å². The molecule has 0 bridgehead atoms. The molecule has 98 valence electrons. The molecule has 18 heavy (non-hydrogen) atoms. The van der Waals surface area contributed by atoms with Crippen molar-refractivity contribution in [2.24, 2.45) is 5.73 Å². The van der Waals surface area contributed by atoms with Crippen molar-refractivity contribution in [1.29, 1.82) is 0 Å². The summed E-state index contributed by atoms with van der Waals surface area (Å²) in [5, 5.41) is 0. The summed E-state index contributed by atoms with van der Waals surface area (Å²) < 4.78 is 27.1. The lowest BCUT2D eigenvalue weighted by Gasteiger charge is -2.22. The van der Waals surface area contributed by atoms with E-state index in [0.717, 1.165) is 25.7 Å². The molecule has 0 amide bonds. The lowest BCUT2D eigenvalue weighted by molar-refractivity contribution is 0.0947. The first-order valence-electron chi connectivity index (χ1n) is 6.20. The molecule has 2 rings (SSSR count). The molecule has 0 spiro atoms. The molecule has 1 saturated carbocycles. The third-order valence-electron chi connectivity index (χ3n) is 3.69. The standard InChI is InChI=1S/C14H17F2NO/c1-9-4-5-10(13(16)12(9)15)11(18)8-14(17)6-2-3-7-14/h4-5H,2-3,6-8,17H2,1H3. The number of ketones is 1. The van der Waals surface area contributed by atoms with Gasteiger partial charge in [-0.05, 0) is 31.4 Å². The van der Waals surface area contributed by atoms with E-state index in [0.29, 0.717) is 0 Å². The number of aryl methyl sites for hydroxylation is 1. The molecule has 0 radical (unpaired) electrons. The molecular weight excluding hydrogens is 236 g/mol. The van der Waals surface area contributed by atoms with Crippen LogP contribution in [0.15, 0.2) is 12.1 Å². The maximum absolute atomic E-state index is 13.7. The molecule has 1 aliphatic carbocycles. The molecule has 0 unspecified atom stereocenters. The minimum Gasteiger partial charge on any atom is -0.325 e. The SMILES string of the molecule is Cc1ccc(C(=O)CC2(N)CCCC2)c(F)c1F. The van der Waals surface area contributed by atoms with E-state index in [2.05, 4.69) is 0 Å². The molecule has 1 fully saturated rings. The highest BCUT2D eigenvalue weighted by Crippen LogP contribution is 2.31. The normalized spacial score (nSPS) is 18.0. The van der Waals surface area contributed by atoms with E-state index in [1.807, 2.05) is 0 Å². The number of hydrogen-bond acceptors (Lipinski definition) is 2. The molecule has 2 nitrogen and oxygen atoms in total. The highest BCUT2D eigenvalue weighted by molar-refractivity contribution is 5.97. The van der Waals surface area contributed by atoms with Gasteiger partial charge in [0.05, 0.1) is 5.56 Å². The maximum atomic E-state index is 13.7. The Balaban J connectivity index is 2.22. The molecule has 0 heterocycles. The van der Waals surface area contributed by atoms with Gasteiger partial charge in [0.15, 0.2) is 17.4 Å². The second-order valence-corrected chi connectivity index (χ2v) is 5.23. The first-order chi connectivity index (χ1) is 8.43. The van der Waals surface area contributed by atoms with Crippen LogP contribution in [0.4, 0.5) is 8.78 Å². The topological polar surface area (TPSA) is 43.1 Å². The van der Waals surface area contributed by atoms with Crippen LogP contribution in [0, 0.1) is 18.6 Å². The Kier molecular flexibility index (Phi) is 3.48. The fourth-order valence-corrected chi connectivity index (χ4v) is 2.53. The van der Waals surface area contributed by atoms with E-state index >= 15 is 0 Å². The van der Waals surface area contributed by atoms with Gasteiger partial charge in [0, 0.05) is 12.0 Å². The zero-order valence-electron chi connectivity index (χ0n) is 10.4. The van der Waals surface area contributed by atoms with Crippen molar-refractivity contribution in [3.05, 3.63) is 34.9 Å². The molecule has 2 N–H and O–H groups in total. The Morgan fingerprint density at radius 3 is 2.50 bits per heavy atom. The molecule has 0 aliphatic heterocycles. The van der Waals surface area contributed by atoms with Crippen molar-refractivity contribution < 1.29 is 13.6 Å². The van der Waals surface area contributed by atoms with Crippen LogP contribution in [0.1, 0.15) is 48.0 Å². The quantitative estimate of drug-likeness (QED) is 0.841. The second-order valence-electron chi connectivity index (χ2n) is 5.23. The van der Waals surface area contributed by atoms with Crippen molar-refractivity contribution in [3.63, 3.8) is 0 Å². The Bertz CT molecular complexity index is 479. The lowest BCUT2D eigenvalue weighted by Crippen LogP contribution is -2.38. The predicted octanol–water partition coefficient (Wildman–Crippen LogP) is 3.12. The number of rotatable bonds is 3. The van der Waals surface area contributed by atoms with Gasteiger partial charge in [0.1, 0.15) is 0 Å². The average Bonchev–Trinajstić information content (AvgIpc) is 2.72. The molecule has 0 atom stereocenters. The van der Waals surface area contributed by atoms with Crippen LogP contribution in [0.5, 0.6) is 0 Å². The molecule has 1 aliphatic rings. The Labute approximate surface area is 105 Å². The summed E-state index contributed by atoms with van der Waals surface area (Å²) in [6, 6.07) is 2.76. The second kappa shape index (κ2) is 4.76. The van der Waals surface area contributed by atoms with Gasteiger partial charge >= 0.3 is 0 Å². The highest BCUT2D eigenvalue weighted by atomic mass is 19.2. The molecule has 4 heteroatoms. The number of halogens is 2. The zero-order valence-corrected chi connectivity index (χ0v) is 10.4. The van der Waals surface area contributed by atoms with E-state index in [1.165, 1.54) is 19.1 Å². The predicted molar refractivity (Wildman–Crippen MR) is 65.4 cm³/mol. The molecule has 1 aromatic carbocycles. The first-order valence-corrected chi connectivity index (χ1v) is 6.20. The van der Waals surface area contributed by atoms with Crippen LogP contribution in [0.2, 0.25) is 0 Å². The van der Waals surface area contributed by atoms with Gasteiger partial charge in [-0.1, -0.05) is 18.9 Å². The minimum absolute atomic E-state index is 0.0897. The van der Waals surface area contributed by atoms with Gasteiger partial charge in [0.2, 0.25) is 0 Å². The number of nitrogens with two attached hydrogens (primary N) is 1. The summed E-state index contributed by atoms with van der Waals surface area (Å²) in [6.07, 6.45) is 3.62. The summed E-state index contributed by atoms with van der Waals surface area (Å²) >= 11 is 0. The van der Waals surface area contributed by atoms with Crippen molar-refractivity contribution in [3.8, 4) is 0 Å². The van der Waals surface area contributed by atoms with Crippen LogP contribution in [0.3, 0.4) is 0 Å². The Morgan fingerprint density at radius 2 is 1.89 bits per heavy atom. The summed E-state index contributed by atoms with van der Waals surface area (Å²) in [4.78, 5) is 12.0. The van der Waals surface area contributed by atoms with Crippen LogP contribution in [-0.4, -0.2) is 11.3 Å². The zero-order chi connectivity index (χ0) is 13.3. The number of benzene rings is 1. The van der Waals surface area contributed by atoms with Crippen LogP contribution < -0.4 is 5.73 Å². The Hall–Kier alpha value is -1.29. The van der Waals surface area contributed by atoms with E-state index < -0.39 is 23.0 Å². The molecular formula is C14H17F2NO. The van der Waals surface area contributed by atoms with Crippen molar-refractivity contribution in [2.45, 2.75) is 44.6 Å². The molecule has 0 aromatic heterocycles. The number of Topliss-reactive ketones (excluding diaryl/α,β-unsaturated/α-hetero) is 1. The van der Waals surface area contributed by atoms with Gasteiger partial charge in [0.25, 0.3) is 0 Å². The first kappa shape index (κ1) is 13.1. The summed E-state index contributed by atoms with van der Waals surface area (Å²) in [5.74, 6) is -2.41. The van der Waals surface area contributed by atoms with E-state index in [-0.39, 0.29) is 17.5 Å². The van der Waals surface area contributed by atoms with E-state index in [1.54, 1.807) is 0 Å². The lowest BCUT2D eigenvalue weighted by atomic mass is 9.89. The largest absolute Gasteiger partial charge is 0.325 e. The van der Waals surface area contributed by atoms with E-state index in [4.69, 9.17) is 5.73 Å². The average molecular weight is 253 g/mol. The van der Waals surface area contributed by atoms with Crippen molar-refractivity contribution in [1.82, 2.24) is 0 Å². The van der Waals surface area contributed by atoms with Gasteiger partial charge in [-0.25, -0.2) is 8.78 Å². The van der Waals surface area contributed by atoms with Gasteiger partial charge in [-0.15, -0.1) is 0 Å². The van der Waals surface area contributed by atoms with Gasteiger partial charge in [-0.2, -0.15) is 0 Å². The fourth-order valence-electron chi connectivity index (χ4n) is 2.53. The van der Waals surface area contributed by atoms with Gasteiger partial charge in [-0.3, -0.25) is 4.79 Å². The van der Waals surface area contributed by atoms with Crippen molar-refractivity contribution in [2.75, 3.05) is 0 Å². The third-order valence-corrected chi connectivity index (χ3v) is 3.69. The highest BCUT2D eigenvalue weighted by Gasteiger charge is 2.33. The summed E-state index contributed by atoms with van der Waals surface area (Å²) in [7, 11) is 0. The summed E-state index contributed by atoms with van der Waals surface area (Å²) in [5.41, 5.74) is 5.56. The third kappa shape index (κ3) is 2.43. The summed E-state index contributed by atoms with van der Waals surface area (Å²) in [6.45, 7) is 1.47. The van der Waals surface area contributed by atoms with Crippen LogP contribution >= 0.6 is 0 Å². The molecule has 0 saturated heterocycles.